The molecular weight excluding hydrogens is 717 g/mol. The summed E-state index contributed by atoms with van der Waals surface area (Å²) in [5.74, 6) is 0.618. The first kappa shape index (κ1) is 25.8. The van der Waals surface area contributed by atoms with Gasteiger partial charge in [-0.25, -0.2) is 4.99 Å². The number of nitrogens with zero attached hydrogens (tertiary/aromatic N) is 1. The molecule has 1 amide bonds. The first-order valence-corrected chi connectivity index (χ1v) is 14.0. The quantitative estimate of drug-likeness (QED) is 0.205. The molecule has 0 aliphatic carbocycles. The summed E-state index contributed by atoms with van der Waals surface area (Å²) >= 11 is 18.0. The lowest BCUT2D eigenvalue weighted by molar-refractivity contribution is -0.115. The number of hydrogen-bond donors (Lipinski definition) is 1. The lowest BCUT2D eigenvalue weighted by atomic mass is 10.2. The van der Waals surface area contributed by atoms with Gasteiger partial charge in [-0.2, -0.15) is 0 Å². The summed E-state index contributed by atoms with van der Waals surface area (Å²) in [5.41, 5.74) is 3.84. The zero-order valence-corrected chi connectivity index (χ0v) is 24.5. The van der Waals surface area contributed by atoms with E-state index in [0.717, 1.165) is 36.1 Å². The third kappa shape index (κ3) is 6.48. The number of aryl methyl sites for hydroxylation is 1. The predicted molar refractivity (Wildman–Crippen MR) is 159 cm³/mol. The minimum atomic E-state index is -0.156. The minimum Gasteiger partial charge on any atom is -0.487 e. The van der Waals surface area contributed by atoms with E-state index >= 15 is 0 Å². The van der Waals surface area contributed by atoms with Crippen LogP contribution in [-0.4, -0.2) is 11.1 Å². The molecular formula is C25H18Cl2I2N2O2S. The summed E-state index contributed by atoms with van der Waals surface area (Å²) in [7, 11) is 0. The maximum Gasteiger partial charge on any atom is 0.264 e. The van der Waals surface area contributed by atoms with Crippen LogP contribution in [0.3, 0.4) is 0 Å². The van der Waals surface area contributed by atoms with Crippen molar-refractivity contribution in [2.45, 2.75) is 20.0 Å². The largest absolute Gasteiger partial charge is 0.487 e. The van der Waals surface area contributed by atoms with Crippen LogP contribution >= 0.6 is 80.1 Å². The molecule has 1 fully saturated rings. The van der Waals surface area contributed by atoms with Crippen molar-refractivity contribution >= 4 is 103 Å². The molecule has 1 aliphatic rings. The number of amides is 1. The Morgan fingerprint density at radius 2 is 1.76 bits per heavy atom. The lowest BCUT2D eigenvalue weighted by Crippen LogP contribution is -2.19. The van der Waals surface area contributed by atoms with Crippen molar-refractivity contribution < 1.29 is 9.53 Å². The molecule has 3 aromatic rings. The molecule has 0 atom stereocenters. The molecule has 0 bridgehead atoms. The summed E-state index contributed by atoms with van der Waals surface area (Å²) in [5, 5.41) is 4.58. The van der Waals surface area contributed by atoms with Gasteiger partial charge in [-0.1, -0.05) is 48.3 Å². The molecule has 0 unspecified atom stereocenters. The number of aliphatic imine (C=N–C) groups is 1. The molecule has 1 N–H and O–H groups in total. The molecule has 174 valence electrons. The number of benzene rings is 3. The van der Waals surface area contributed by atoms with E-state index in [2.05, 4.69) is 62.4 Å². The van der Waals surface area contributed by atoms with Crippen molar-refractivity contribution in [2.24, 2.45) is 4.99 Å². The second-order valence-electron chi connectivity index (χ2n) is 7.34. The molecule has 0 aromatic heterocycles. The van der Waals surface area contributed by atoms with E-state index in [1.165, 1.54) is 17.3 Å². The average Bonchev–Trinajstić information content (AvgIpc) is 3.13. The van der Waals surface area contributed by atoms with Gasteiger partial charge in [0.2, 0.25) is 0 Å². The van der Waals surface area contributed by atoms with Crippen LogP contribution in [0.5, 0.6) is 5.75 Å². The monoisotopic (exact) mass is 734 g/mol. The van der Waals surface area contributed by atoms with Crippen LogP contribution < -0.4 is 10.1 Å². The Labute approximate surface area is 239 Å². The zero-order chi connectivity index (χ0) is 24.2. The summed E-state index contributed by atoms with van der Waals surface area (Å²) in [6.07, 6.45) is 2.85. The summed E-state index contributed by atoms with van der Waals surface area (Å²) in [6.45, 7) is 2.45. The van der Waals surface area contributed by atoms with E-state index in [9.17, 15) is 4.79 Å². The van der Waals surface area contributed by atoms with Crippen LogP contribution in [0.2, 0.25) is 10.0 Å². The van der Waals surface area contributed by atoms with Gasteiger partial charge in [0.15, 0.2) is 5.17 Å². The molecule has 4 nitrogen and oxygen atoms in total. The zero-order valence-electron chi connectivity index (χ0n) is 17.9. The van der Waals surface area contributed by atoms with Crippen LogP contribution in [0.15, 0.2) is 64.5 Å². The fourth-order valence-corrected chi connectivity index (χ4v) is 6.58. The highest BCUT2D eigenvalue weighted by molar-refractivity contribution is 14.1. The van der Waals surface area contributed by atoms with E-state index in [1.54, 1.807) is 12.1 Å². The van der Waals surface area contributed by atoms with Crippen molar-refractivity contribution in [3.63, 3.8) is 0 Å². The number of carbonyl (C=O) groups excluding carboxylic acids is 1. The van der Waals surface area contributed by atoms with Crippen molar-refractivity contribution in [3.05, 3.63) is 93.4 Å². The van der Waals surface area contributed by atoms with Crippen LogP contribution in [0.4, 0.5) is 5.69 Å². The van der Waals surface area contributed by atoms with Gasteiger partial charge >= 0.3 is 0 Å². The van der Waals surface area contributed by atoms with Crippen LogP contribution in [0.1, 0.15) is 23.6 Å². The Bertz CT molecular complexity index is 1290. The predicted octanol–water partition coefficient (Wildman–Crippen LogP) is 8.24. The van der Waals surface area contributed by atoms with Gasteiger partial charge in [0.25, 0.3) is 5.91 Å². The Balaban J connectivity index is 1.49. The number of hydrogen-bond acceptors (Lipinski definition) is 4. The molecule has 0 radical (unpaired) electrons. The van der Waals surface area contributed by atoms with Gasteiger partial charge in [0, 0.05) is 15.6 Å². The number of amidine groups is 1. The SMILES string of the molecule is CCc1ccc(N=C2NC(=O)/C(=C/c3cc(I)c(OCc4ccc(Cl)cc4Cl)c(I)c3)S2)cc1. The first-order valence-electron chi connectivity index (χ1n) is 10.3. The Hall–Kier alpha value is -1.27. The fourth-order valence-electron chi connectivity index (χ4n) is 3.14. The normalized spacial score (nSPS) is 15.7. The molecule has 1 heterocycles. The molecule has 0 spiro atoms. The van der Waals surface area contributed by atoms with E-state index in [-0.39, 0.29) is 5.91 Å². The van der Waals surface area contributed by atoms with Crippen LogP contribution in [-0.2, 0) is 17.8 Å². The second kappa shape index (κ2) is 11.6. The van der Waals surface area contributed by atoms with Gasteiger partial charge in [-0.05, 0) is 117 Å². The number of rotatable bonds is 6. The Kier molecular flexibility index (Phi) is 8.84. The highest BCUT2D eigenvalue weighted by Gasteiger charge is 2.24. The number of ether oxygens (including phenoxy) is 1. The summed E-state index contributed by atoms with van der Waals surface area (Å²) in [6, 6.07) is 17.3. The molecule has 1 saturated heterocycles. The Morgan fingerprint density at radius 1 is 1.06 bits per heavy atom. The highest BCUT2D eigenvalue weighted by atomic mass is 127. The van der Waals surface area contributed by atoms with Gasteiger partial charge in [-0.15, -0.1) is 0 Å². The van der Waals surface area contributed by atoms with Crippen molar-refractivity contribution in [1.29, 1.82) is 0 Å². The maximum absolute atomic E-state index is 12.5. The van der Waals surface area contributed by atoms with Crippen molar-refractivity contribution in [2.75, 3.05) is 0 Å². The van der Waals surface area contributed by atoms with Crippen LogP contribution in [0.25, 0.3) is 6.08 Å². The van der Waals surface area contributed by atoms with Gasteiger partial charge in [0.05, 0.1) is 17.7 Å². The third-order valence-electron chi connectivity index (χ3n) is 4.93. The van der Waals surface area contributed by atoms with E-state index in [0.29, 0.717) is 26.7 Å². The van der Waals surface area contributed by atoms with E-state index in [1.807, 2.05) is 48.5 Å². The van der Waals surface area contributed by atoms with Gasteiger partial charge in [-0.3, -0.25) is 4.79 Å². The molecule has 0 saturated carbocycles. The van der Waals surface area contributed by atoms with Crippen molar-refractivity contribution in [3.8, 4) is 5.75 Å². The Morgan fingerprint density at radius 3 is 2.41 bits per heavy atom. The topological polar surface area (TPSA) is 50.7 Å². The molecule has 4 rings (SSSR count). The number of carbonyl (C=O) groups is 1. The van der Waals surface area contributed by atoms with E-state index in [4.69, 9.17) is 27.9 Å². The summed E-state index contributed by atoms with van der Waals surface area (Å²) in [4.78, 5) is 17.7. The van der Waals surface area contributed by atoms with Crippen molar-refractivity contribution in [1.82, 2.24) is 5.32 Å². The molecule has 1 aliphatic heterocycles. The van der Waals surface area contributed by atoms with Gasteiger partial charge < -0.3 is 10.1 Å². The second-order valence-corrected chi connectivity index (χ2v) is 11.5. The maximum atomic E-state index is 12.5. The smallest absolute Gasteiger partial charge is 0.264 e. The number of thioether (sulfide) groups is 1. The first-order chi connectivity index (χ1) is 16.3. The molecule has 3 aromatic carbocycles. The standard InChI is InChI=1S/C25H18Cl2I2N2O2S/c1-2-14-3-7-18(8-4-14)30-25-31-24(32)22(34-25)11-15-9-20(28)23(21(29)10-15)33-13-16-5-6-17(26)12-19(16)27/h3-12H,2,13H2,1H3,(H,30,31,32)/b22-11-. The third-order valence-corrected chi connectivity index (χ3v) is 8.03. The van der Waals surface area contributed by atoms with Gasteiger partial charge in [0.1, 0.15) is 12.4 Å². The molecule has 9 heteroatoms. The average molecular weight is 735 g/mol. The minimum absolute atomic E-state index is 0.156. The summed E-state index contributed by atoms with van der Waals surface area (Å²) < 4.78 is 7.93. The lowest BCUT2D eigenvalue weighted by Gasteiger charge is -2.12. The van der Waals surface area contributed by atoms with E-state index < -0.39 is 0 Å². The fraction of sp³-hybridized carbons (Fsp3) is 0.120. The number of halogens is 4. The highest BCUT2D eigenvalue weighted by Crippen LogP contribution is 2.33. The van der Waals surface area contributed by atoms with Crippen LogP contribution in [0, 0.1) is 7.14 Å². The number of nitrogens with one attached hydrogen (secondary N) is 1. The molecule has 34 heavy (non-hydrogen) atoms.